The lowest BCUT2D eigenvalue weighted by atomic mass is 10.1. The number of methoxy groups -OCH3 is 2. The number of amides is 1. The summed E-state index contributed by atoms with van der Waals surface area (Å²) >= 11 is 0. The minimum absolute atomic E-state index is 0.133. The molecule has 1 heterocycles. The molecule has 0 aliphatic heterocycles. The van der Waals surface area contributed by atoms with Crippen molar-refractivity contribution >= 4 is 5.91 Å². The third kappa shape index (κ3) is 3.43. The first-order valence-electron chi connectivity index (χ1n) is 6.63. The molecule has 0 radical (unpaired) electrons. The highest BCUT2D eigenvalue weighted by Crippen LogP contribution is 2.29. The normalized spacial score (nSPS) is 11.6. The van der Waals surface area contributed by atoms with Crippen LogP contribution in [-0.2, 0) is 0 Å². The van der Waals surface area contributed by atoms with Gasteiger partial charge in [-0.25, -0.2) is 5.10 Å². The van der Waals surface area contributed by atoms with Crippen LogP contribution in [0.1, 0.15) is 29.0 Å². The first kappa shape index (κ1) is 15.6. The quantitative estimate of drug-likeness (QED) is 0.868. The van der Waals surface area contributed by atoms with Crippen molar-refractivity contribution in [2.75, 3.05) is 14.2 Å². The maximum atomic E-state index is 12.1. The van der Waals surface area contributed by atoms with Crippen LogP contribution < -0.4 is 20.3 Å². The second-order valence-corrected chi connectivity index (χ2v) is 4.61. The van der Waals surface area contributed by atoms with E-state index < -0.39 is 5.91 Å². The molecule has 7 heteroatoms. The monoisotopic (exact) mass is 303 g/mol. The molecule has 2 rings (SSSR count). The Morgan fingerprint density at radius 2 is 2.00 bits per heavy atom. The minimum atomic E-state index is -0.395. The Labute approximate surface area is 127 Å². The summed E-state index contributed by atoms with van der Waals surface area (Å²) in [6.07, 6.45) is 0. The van der Waals surface area contributed by atoms with Gasteiger partial charge in [-0.2, -0.15) is 5.10 Å². The largest absolute Gasteiger partial charge is 0.497 e. The van der Waals surface area contributed by atoms with Crippen LogP contribution >= 0.6 is 0 Å². The number of aromatic amines is 1. The van der Waals surface area contributed by atoms with Crippen molar-refractivity contribution in [2.24, 2.45) is 0 Å². The van der Waals surface area contributed by atoms with Gasteiger partial charge in [0.05, 0.1) is 20.3 Å². The molecule has 0 saturated heterocycles. The highest BCUT2D eigenvalue weighted by atomic mass is 16.5. The van der Waals surface area contributed by atoms with E-state index in [1.807, 2.05) is 6.92 Å². The highest BCUT2D eigenvalue weighted by molar-refractivity contribution is 5.92. The van der Waals surface area contributed by atoms with Crippen LogP contribution in [0.5, 0.6) is 11.5 Å². The van der Waals surface area contributed by atoms with Gasteiger partial charge in [0, 0.05) is 11.6 Å². The smallest absolute Gasteiger partial charge is 0.272 e. The summed E-state index contributed by atoms with van der Waals surface area (Å²) in [5.74, 6) is 0.913. The molecular weight excluding hydrogens is 286 g/mol. The lowest BCUT2D eigenvalue weighted by Gasteiger charge is -2.18. The van der Waals surface area contributed by atoms with Gasteiger partial charge in [-0.05, 0) is 31.2 Å². The minimum Gasteiger partial charge on any atom is -0.497 e. The molecule has 0 aliphatic carbocycles. The molecule has 1 amide bonds. The molecule has 0 aliphatic rings. The third-order valence-corrected chi connectivity index (χ3v) is 3.16. The lowest BCUT2D eigenvalue weighted by molar-refractivity contribution is 0.0933. The summed E-state index contributed by atoms with van der Waals surface area (Å²) in [7, 11) is 3.13. The number of benzene rings is 1. The molecule has 1 atom stereocenters. The summed E-state index contributed by atoms with van der Waals surface area (Å²) < 4.78 is 10.5. The molecular formula is C15H17N3O4. The van der Waals surface area contributed by atoms with E-state index in [9.17, 15) is 9.59 Å². The zero-order valence-electron chi connectivity index (χ0n) is 12.5. The second kappa shape index (κ2) is 6.75. The molecule has 1 unspecified atom stereocenters. The van der Waals surface area contributed by atoms with Gasteiger partial charge in [0.2, 0.25) is 0 Å². The van der Waals surface area contributed by atoms with Crippen LogP contribution in [0.3, 0.4) is 0 Å². The fourth-order valence-electron chi connectivity index (χ4n) is 2.00. The van der Waals surface area contributed by atoms with Gasteiger partial charge in [-0.3, -0.25) is 9.59 Å². The molecule has 0 fully saturated rings. The van der Waals surface area contributed by atoms with E-state index in [1.54, 1.807) is 32.4 Å². The number of H-pyrrole nitrogens is 1. The molecule has 2 aromatic rings. The van der Waals surface area contributed by atoms with Crippen molar-refractivity contribution in [1.29, 1.82) is 0 Å². The van der Waals surface area contributed by atoms with Crippen molar-refractivity contribution in [2.45, 2.75) is 13.0 Å². The van der Waals surface area contributed by atoms with Gasteiger partial charge in [0.15, 0.2) is 0 Å². The third-order valence-electron chi connectivity index (χ3n) is 3.16. The van der Waals surface area contributed by atoms with Gasteiger partial charge >= 0.3 is 0 Å². The van der Waals surface area contributed by atoms with E-state index in [0.29, 0.717) is 11.5 Å². The topological polar surface area (TPSA) is 93.3 Å². The molecule has 1 aromatic carbocycles. The number of hydrogen-bond acceptors (Lipinski definition) is 5. The SMILES string of the molecule is COc1ccc(OC)c(C(C)NC(=O)c2ccc(=O)[nH]n2)c1. The Morgan fingerprint density at radius 1 is 1.23 bits per heavy atom. The second-order valence-electron chi connectivity index (χ2n) is 4.61. The van der Waals surface area contributed by atoms with E-state index in [0.717, 1.165) is 5.56 Å². The number of nitrogens with one attached hydrogen (secondary N) is 2. The fraction of sp³-hybridized carbons (Fsp3) is 0.267. The Morgan fingerprint density at radius 3 is 2.59 bits per heavy atom. The van der Waals surface area contributed by atoms with Crippen molar-refractivity contribution in [3.8, 4) is 11.5 Å². The van der Waals surface area contributed by atoms with E-state index in [-0.39, 0.29) is 17.3 Å². The Balaban J connectivity index is 2.21. The Bertz CT molecular complexity index is 706. The van der Waals surface area contributed by atoms with Crippen molar-refractivity contribution in [3.63, 3.8) is 0 Å². The number of carbonyl (C=O) groups is 1. The van der Waals surface area contributed by atoms with Crippen LogP contribution in [0.25, 0.3) is 0 Å². The summed E-state index contributed by atoms with van der Waals surface area (Å²) in [4.78, 5) is 23.1. The standard InChI is InChI=1S/C15H17N3O4/c1-9(11-8-10(21-2)4-6-13(11)22-3)16-15(20)12-5-7-14(19)18-17-12/h4-9H,1-3H3,(H,16,20)(H,18,19). The maximum absolute atomic E-state index is 12.1. The van der Waals surface area contributed by atoms with Gasteiger partial charge in [-0.1, -0.05) is 0 Å². The summed E-state index contributed by atoms with van der Waals surface area (Å²) in [6, 6.07) is 7.63. The first-order valence-corrected chi connectivity index (χ1v) is 6.63. The summed E-state index contributed by atoms with van der Waals surface area (Å²) in [5.41, 5.74) is 0.548. The average Bonchev–Trinajstić information content (AvgIpc) is 2.54. The van der Waals surface area contributed by atoms with Crippen molar-refractivity contribution < 1.29 is 14.3 Å². The van der Waals surface area contributed by atoms with Crippen LogP contribution in [0, 0.1) is 0 Å². The van der Waals surface area contributed by atoms with Crippen molar-refractivity contribution in [3.05, 3.63) is 51.9 Å². The zero-order chi connectivity index (χ0) is 16.1. The predicted molar refractivity (Wildman–Crippen MR) is 80.3 cm³/mol. The molecule has 22 heavy (non-hydrogen) atoms. The molecule has 116 valence electrons. The number of nitrogens with zero attached hydrogens (tertiary/aromatic N) is 1. The van der Waals surface area contributed by atoms with Gasteiger partial charge in [0.1, 0.15) is 17.2 Å². The van der Waals surface area contributed by atoms with Crippen LogP contribution in [-0.4, -0.2) is 30.3 Å². The molecule has 0 spiro atoms. The molecule has 2 N–H and O–H groups in total. The van der Waals surface area contributed by atoms with Gasteiger partial charge in [-0.15, -0.1) is 0 Å². The van der Waals surface area contributed by atoms with Crippen LogP contribution in [0.4, 0.5) is 0 Å². The predicted octanol–water partition coefficient (Wildman–Crippen LogP) is 1.28. The molecule has 0 bridgehead atoms. The van der Waals surface area contributed by atoms with E-state index in [1.165, 1.54) is 12.1 Å². The molecule has 7 nitrogen and oxygen atoms in total. The zero-order valence-corrected chi connectivity index (χ0v) is 12.5. The Hall–Kier alpha value is -2.83. The van der Waals surface area contributed by atoms with E-state index in [2.05, 4.69) is 15.5 Å². The number of carbonyl (C=O) groups excluding carboxylic acids is 1. The first-order chi connectivity index (χ1) is 10.5. The summed E-state index contributed by atoms with van der Waals surface area (Å²) in [6.45, 7) is 1.82. The van der Waals surface area contributed by atoms with E-state index in [4.69, 9.17) is 9.47 Å². The van der Waals surface area contributed by atoms with Crippen LogP contribution in [0.2, 0.25) is 0 Å². The number of ether oxygens (including phenoxy) is 2. The fourth-order valence-corrected chi connectivity index (χ4v) is 2.00. The Kier molecular flexibility index (Phi) is 4.77. The number of aromatic nitrogens is 2. The summed E-state index contributed by atoms with van der Waals surface area (Å²) in [5, 5.41) is 8.72. The van der Waals surface area contributed by atoms with Gasteiger partial charge < -0.3 is 14.8 Å². The van der Waals surface area contributed by atoms with E-state index >= 15 is 0 Å². The molecule has 1 aromatic heterocycles. The lowest BCUT2D eigenvalue weighted by Crippen LogP contribution is -2.28. The average molecular weight is 303 g/mol. The molecule has 0 saturated carbocycles. The highest BCUT2D eigenvalue weighted by Gasteiger charge is 2.17. The van der Waals surface area contributed by atoms with Crippen LogP contribution in [0.15, 0.2) is 35.1 Å². The number of hydrogen-bond donors (Lipinski definition) is 2. The number of rotatable bonds is 5. The van der Waals surface area contributed by atoms with Crippen molar-refractivity contribution in [1.82, 2.24) is 15.5 Å². The van der Waals surface area contributed by atoms with Gasteiger partial charge in [0.25, 0.3) is 11.5 Å². The maximum Gasteiger partial charge on any atom is 0.272 e.